The van der Waals surface area contributed by atoms with Crippen molar-refractivity contribution in [2.75, 3.05) is 0 Å². The molecule has 5 heteroatoms. The van der Waals surface area contributed by atoms with Gasteiger partial charge in [0.05, 0.1) is 12.6 Å². The molecule has 4 nitrogen and oxygen atoms in total. The summed E-state index contributed by atoms with van der Waals surface area (Å²) in [7, 11) is 0. The van der Waals surface area contributed by atoms with Crippen LogP contribution in [0, 0.1) is 17.9 Å². The third kappa shape index (κ3) is 3.16. The third-order valence-electron chi connectivity index (χ3n) is 2.24. The number of phenols is 1. The van der Waals surface area contributed by atoms with E-state index in [9.17, 15) is 5.11 Å². The molecule has 2 rings (SSSR count). The fourth-order valence-electron chi connectivity index (χ4n) is 1.51. The second-order valence-corrected chi connectivity index (χ2v) is 4.12. The number of phenolic OH excluding ortho intramolecular Hbond substituents is 1. The predicted molar refractivity (Wildman–Crippen MR) is 70.6 cm³/mol. The molecular weight excluding hydrogens is 264 g/mol. The monoisotopic (exact) mass is 270 g/mol. The van der Waals surface area contributed by atoms with Crippen LogP contribution >= 0.6 is 11.6 Å². The van der Waals surface area contributed by atoms with Crippen LogP contribution in [0.5, 0.6) is 17.2 Å². The van der Waals surface area contributed by atoms with E-state index in [0.29, 0.717) is 27.8 Å². The summed E-state index contributed by atoms with van der Waals surface area (Å²) in [6.07, 6.45) is 0. The highest BCUT2D eigenvalue weighted by Crippen LogP contribution is 2.31. The fraction of sp³-hybridized carbons (Fsp3) is 0. The summed E-state index contributed by atoms with van der Waals surface area (Å²) in [5.74, 6) is 0.645. The topological polar surface area (TPSA) is 57.6 Å². The number of nitriles is 1. The number of benzene rings is 2. The van der Waals surface area contributed by atoms with Crippen molar-refractivity contribution in [3.8, 4) is 23.3 Å². The molecule has 0 aliphatic rings. The van der Waals surface area contributed by atoms with Crippen molar-refractivity contribution in [2.24, 2.45) is 0 Å². The van der Waals surface area contributed by atoms with Gasteiger partial charge in [-0.15, -0.1) is 0 Å². The molecule has 0 fully saturated rings. The average molecular weight is 271 g/mol. The van der Waals surface area contributed by atoms with Crippen LogP contribution in [0.15, 0.2) is 36.4 Å². The molecule has 2 aromatic carbocycles. The second kappa shape index (κ2) is 5.30. The Kier molecular flexibility index (Phi) is 3.56. The molecule has 0 atom stereocenters. The van der Waals surface area contributed by atoms with Crippen LogP contribution in [0.2, 0.25) is 5.02 Å². The van der Waals surface area contributed by atoms with Crippen molar-refractivity contribution in [2.45, 2.75) is 0 Å². The molecule has 0 unspecified atom stereocenters. The first-order valence-corrected chi connectivity index (χ1v) is 5.58. The van der Waals surface area contributed by atoms with E-state index in [4.69, 9.17) is 28.2 Å². The van der Waals surface area contributed by atoms with Crippen molar-refractivity contribution in [1.29, 1.82) is 5.26 Å². The highest BCUT2D eigenvalue weighted by molar-refractivity contribution is 6.30. The zero-order valence-corrected chi connectivity index (χ0v) is 10.3. The Hall–Kier alpha value is -2.69. The number of rotatable bonds is 2. The van der Waals surface area contributed by atoms with Crippen LogP contribution in [0.25, 0.3) is 4.85 Å². The summed E-state index contributed by atoms with van der Waals surface area (Å²) < 4.78 is 5.49. The molecule has 0 radical (unpaired) electrons. The first-order valence-electron chi connectivity index (χ1n) is 5.21. The lowest BCUT2D eigenvalue weighted by Crippen LogP contribution is -1.85. The van der Waals surface area contributed by atoms with Gasteiger partial charge in [-0.25, -0.2) is 4.85 Å². The van der Waals surface area contributed by atoms with Crippen LogP contribution < -0.4 is 4.74 Å². The highest BCUT2D eigenvalue weighted by atomic mass is 35.5. The van der Waals surface area contributed by atoms with Crippen LogP contribution in [0.3, 0.4) is 0 Å². The molecule has 0 saturated carbocycles. The first-order chi connectivity index (χ1) is 9.10. The van der Waals surface area contributed by atoms with E-state index in [1.54, 1.807) is 0 Å². The van der Waals surface area contributed by atoms with Gasteiger partial charge in [0.1, 0.15) is 17.2 Å². The molecular formula is C14H7ClN2O2. The van der Waals surface area contributed by atoms with E-state index in [1.807, 2.05) is 6.07 Å². The quantitative estimate of drug-likeness (QED) is 0.830. The van der Waals surface area contributed by atoms with Crippen molar-refractivity contribution in [3.63, 3.8) is 0 Å². The average Bonchev–Trinajstić information content (AvgIpc) is 2.37. The standard InChI is InChI=1S/C14H7ClN2O2/c1-17-11-2-9(8-16)3-13(6-11)19-14-5-10(15)4-12(18)7-14/h2-7,18H. The molecule has 0 spiro atoms. The van der Waals surface area contributed by atoms with Crippen LogP contribution in [-0.2, 0) is 0 Å². The molecule has 1 N–H and O–H groups in total. The van der Waals surface area contributed by atoms with Gasteiger partial charge >= 0.3 is 0 Å². The van der Waals surface area contributed by atoms with Crippen molar-refractivity contribution in [1.82, 2.24) is 0 Å². The van der Waals surface area contributed by atoms with Crippen LogP contribution in [0.1, 0.15) is 5.56 Å². The van der Waals surface area contributed by atoms with Crippen LogP contribution in [-0.4, -0.2) is 5.11 Å². The Labute approximate surface area is 114 Å². The van der Waals surface area contributed by atoms with Gasteiger partial charge < -0.3 is 9.84 Å². The Morgan fingerprint density at radius 2 is 1.89 bits per heavy atom. The smallest absolute Gasteiger partial charge is 0.192 e. The normalized spacial score (nSPS) is 9.42. The summed E-state index contributed by atoms with van der Waals surface area (Å²) in [6, 6.07) is 10.7. The molecule has 0 bridgehead atoms. The maximum absolute atomic E-state index is 9.41. The Bertz CT molecular complexity index is 662. The second-order valence-electron chi connectivity index (χ2n) is 3.69. The lowest BCUT2D eigenvalue weighted by Gasteiger charge is -2.07. The van der Waals surface area contributed by atoms with Crippen molar-refractivity contribution < 1.29 is 9.84 Å². The number of aromatic hydroxyl groups is 1. The van der Waals surface area contributed by atoms with E-state index < -0.39 is 0 Å². The van der Waals surface area contributed by atoms with Gasteiger partial charge in [-0.05, 0) is 30.3 Å². The van der Waals surface area contributed by atoms with E-state index in [1.165, 1.54) is 36.4 Å². The van der Waals surface area contributed by atoms with Gasteiger partial charge in [-0.2, -0.15) is 5.26 Å². The Morgan fingerprint density at radius 3 is 2.53 bits per heavy atom. The summed E-state index contributed by atoms with van der Waals surface area (Å²) in [5.41, 5.74) is 0.634. The first kappa shape index (κ1) is 12.8. The van der Waals surface area contributed by atoms with Gasteiger partial charge in [-0.1, -0.05) is 11.6 Å². The fourth-order valence-corrected chi connectivity index (χ4v) is 1.73. The number of ether oxygens (including phenoxy) is 1. The van der Waals surface area contributed by atoms with Crippen molar-refractivity contribution >= 4 is 17.3 Å². The molecule has 0 aliphatic carbocycles. The summed E-state index contributed by atoms with van der Waals surface area (Å²) in [4.78, 5) is 3.26. The molecule has 0 aliphatic heterocycles. The lowest BCUT2D eigenvalue weighted by atomic mass is 10.2. The van der Waals surface area contributed by atoms with Crippen LogP contribution in [0.4, 0.5) is 5.69 Å². The summed E-state index contributed by atoms with van der Waals surface area (Å²) >= 11 is 5.79. The number of halogens is 1. The number of hydrogen-bond acceptors (Lipinski definition) is 3. The molecule has 0 amide bonds. The minimum absolute atomic E-state index is 0.0238. The van der Waals surface area contributed by atoms with Gasteiger partial charge in [0.15, 0.2) is 5.69 Å². The molecule has 0 aromatic heterocycles. The SMILES string of the molecule is [C-]#[N+]c1cc(C#N)cc(Oc2cc(O)cc(Cl)c2)c1. The maximum atomic E-state index is 9.41. The van der Waals surface area contributed by atoms with Gasteiger partial charge in [-0.3, -0.25) is 0 Å². The number of nitrogens with zero attached hydrogens (tertiary/aromatic N) is 2. The zero-order chi connectivity index (χ0) is 13.8. The minimum Gasteiger partial charge on any atom is -0.508 e. The highest BCUT2D eigenvalue weighted by Gasteiger charge is 2.05. The lowest BCUT2D eigenvalue weighted by molar-refractivity contribution is 0.455. The molecule has 92 valence electrons. The summed E-state index contributed by atoms with van der Waals surface area (Å²) in [5, 5.41) is 18.6. The van der Waals surface area contributed by atoms with E-state index in [2.05, 4.69) is 4.85 Å². The largest absolute Gasteiger partial charge is 0.508 e. The van der Waals surface area contributed by atoms with Gasteiger partial charge in [0, 0.05) is 16.7 Å². The van der Waals surface area contributed by atoms with Gasteiger partial charge in [0.2, 0.25) is 0 Å². The van der Waals surface area contributed by atoms with E-state index in [0.717, 1.165) is 0 Å². The maximum Gasteiger partial charge on any atom is 0.192 e. The molecule has 0 heterocycles. The zero-order valence-electron chi connectivity index (χ0n) is 9.59. The predicted octanol–water partition coefficient (Wildman–Crippen LogP) is 4.26. The Balaban J connectivity index is 2.38. The van der Waals surface area contributed by atoms with Crippen molar-refractivity contribution in [3.05, 3.63) is 58.4 Å². The molecule has 19 heavy (non-hydrogen) atoms. The molecule has 2 aromatic rings. The van der Waals surface area contributed by atoms with Gasteiger partial charge in [0.25, 0.3) is 0 Å². The van der Waals surface area contributed by atoms with E-state index in [-0.39, 0.29) is 5.75 Å². The number of hydrogen-bond donors (Lipinski definition) is 1. The molecule has 0 saturated heterocycles. The third-order valence-corrected chi connectivity index (χ3v) is 2.46. The minimum atomic E-state index is -0.0238. The van der Waals surface area contributed by atoms with E-state index >= 15 is 0 Å². The summed E-state index contributed by atoms with van der Waals surface area (Å²) in [6.45, 7) is 6.96. The Morgan fingerprint density at radius 1 is 1.16 bits per heavy atom.